The van der Waals surface area contributed by atoms with Gasteiger partial charge in [0.2, 0.25) is 0 Å². The lowest BCUT2D eigenvalue weighted by Crippen LogP contribution is -2.34. The zero-order valence-electron chi connectivity index (χ0n) is 10.6. The molecule has 1 aromatic carbocycles. The van der Waals surface area contributed by atoms with Crippen molar-refractivity contribution < 1.29 is 4.74 Å². The zero-order valence-corrected chi connectivity index (χ0v) is 13.0. The number of methoxy groups -OCH3 is 1. The Morgan fingerprint density at radius 2 is 2.16 bits per heavy atom. The summed E-state index contributed by atoms with van der Waals surface area (Å²) in [4.78, 5) is 0. The number of rotatable bonds is 6. The minimum absolute atomic E-state index is 0.466. The average molecular weight is 342 g/mol. The molecule has 0 atom stereocenters. The first-order valence-electron chi connectivity index (χ1n) is 5.70. The lowest BCUT2D eigenvalue weighted by molar-refractivity contribution is 0.204. The van der Waals surface area contributed by atoms with E-state index in [-0.39, 0.29) is 0 Å². The number of nitrogens with zero attached hydrogens (tertiary/aromatic N) is 1. The number of thiocarbonyl (C=S) groups is 1. The summed E-state index contributed by atoms with van der Waals surface area (Å²) in [7, 11) is 1.64. The van der Waals surface area contributed by atoms with Crippen LogP contribution in [0.5, 0.6) is 0 Å². The number of hydrogen-bond acceptors (Lipinski definition) is 3. The maximum atomic E-state index is 5.02. The van der Waals surface area contributed by atoms with Crippen LogP contribution in [0.25, 0.3) is 6.08 Å². The van der Waals surface area contributed by atoms with Crippen LogP contribution in [-0.2, 0) is 4.74 Å². The molecule has 0 saturated heterocycles. The minimum atomic E-state index is 0.466. The molecule has 1 aromatic rings. The number of benzene rings is 1. The molecule has 0 heterocycles. The summed E-state index contributed by atoms with van der Waals surface area (Å²) < 4.78 is 5.75. The van der Waals surface area contributed by atoms with Gasteiger partial charge in [-0.2, -0.15) is 5.10 Å². The Bertz CT molecular complexity index is 448. The fourth-order valence-corrected chi connectivity index (χ4v) is 1.73. The average Bonchev–Trinajstić information content (AvgIpc) is 2.40. The molecule has 0 aromatic heterocycles. The van der Waals surface area contributed by atoms with Crippen molar-refractivity contribution in [3.05, 3.63) is 40.4 Å². The third-order valence-electron chi connectivity index (χ3n) is 2.05. The second kappa shape index (κ2) is 9.66. The van der Waals surface area contributed by atoms with Crippen LogP contribution in [-0.4, -0.2) is 31.6 Å². The second-order valence-electron chi connectivity index (χ2n) is 3.56. The largest absolute Gasteiger partial charge is 0.383 e. The molecule has 4 nitrogen and oxygen atoms in total. The summed E-state index contributed by atoms with van der Waals surface area (Å²) in [5.74, 6) is 0. The van der Waals surface area contributed by atoms with Gasteiger partial charge in [0.05, 0.1) is 12.8 Å². The fraction of sp³-hybridized carbons (Fsp3) is 0.231. The molecule has 0 fully saturated rings. The predicted octanol–water partition coefficient (Wildman–Crippen LogP) is 2.52. The maximum absolute atomic E-state index is 5.02. The van der Waals surface area contributed by atoms with Gasteiger partial charge in [0.15, 0.2) is 5.11 Å². The van der Waals surface area contributed by atoms with E-state index in [1.165, 1.54) is 0 Å². The van der Waals surface area contributed by atoms with Gasteiger partial charge in [-0.25, -0.2) is 0 Å². The summed E-state index contributed by atoms with van der Waals surface area (Å²) >= 11 is 8.44. The Balaban J connectivity index is 2.36. The number of allylic oxidation sites excluding steroid dienone is 1. The van der Waals surface area contributed by atoms with Crippen LogP contribution in [0.1, 0.15) is 5.56 Å². The van der Waals surface area contributed by atoms with E-state index in [1.54, 1.807) is 13.3 Å². The molecule has 2 N–H and O–H groups in total. The molecule has 1 rings (SSSR count). The van der Waals surface area contributed by atoms with Gasteiger partial charge < -0.3 is 10.1 Å². The van der Waals surface area contributed by atoms with Crippen LogP contribution < -0.4 is 10.7 Å². The Morgan fingerprint density at radius 1 is 1.42 bits per heavy atom. The molecule has 0 amide bonds. The van der Waals surface area contributed by atoms with E-state index >= 15 is 0 Å². The highest BCUT2D eigenvalue weighted by atomic mass is 79.9. The summed E-state index contributed by atoms with van der Waals surface area (Å²) in [5.41, 5.74) is 3.82. The molecule has 0 spiro atoms. The van der Waals surface area contributed by atoms with Gasteiger partial charge in [0, 0.05) is 18.1 Å². The van der Waals surface area contributed by atoms with Crippen molar-refractivity contribution in [3.8, 4) is 0 Å². The van der Waals surface area contributed by atoms with Gasteiger partial charge in [-0.15, -0.1) is 0 Å². The number of ether oxygens (including phenoxy) is 1. The van der Waals surface area contributed by atoms with Crippen molar-refractivity contribution in [3.63, 3.8) is 0 Å². The van der Waals surface area contributed by atoms with E-state index in [0.717, 1.165) is 10.0 Å². The second-order valence-corrected chi connectivity index (χ2v) is 4.88. The maximum Gasteiger partial charge on any atom is 0.187 e. The van der Waals surface area contributed by atoms with Crippen molar-refractivity contribution in [1.29, 1.82) is 0 Å². The van der Waals surface area contributed by atoms with Crippen LogP contribution in [0.4, 0.5) is 0 Å². The Kier molecular flexibility index (Phi) is 8.04. The van der Waals surface area contributed by atoms with Gasteiger partial charge in [-0.05, 0) is 39.8 Å². The lowest BCUT2D eigenvalue weighted by Gasteiger charge is -2.05. The van der Waals surface area contributed by atoms with Crippen LogP contribution in [0, 0.1) is 0 Å². The molecule has 0 aliphatic rings. The third-order valence-corrected chi connectivity index (χ3v) is 2.72. The highest BCUT2D eigenvalue weighted by Gasteiger charge is 1.92. The molecular formula is C13H16BrN3OS. The van der Waals surface area contributed by atoms with Gasteiger partial charge in [0.1, 0.15) is 0 Å². The zero-order chi connectivity index (χ0) is 13.9. The molecule has 0 aliphatic carbocycles. The lowest BCUT2D eigenvalue weighted by atomic mass is 10.2. The van der Waals surface area contributed by atoms with E-state index in [0.29, 0.717) is 18.3 Å². The van der Waals surface area contributed by atoms with Crippen LogP contribution in [0.3, 0.4) is 0 Å². The number of nitrogens with one attached hydrogen (secondary N) is 2. The predicted molar refractivity (Wildman–Crippen MR) is 87.5 cm³/mol. The van der Waals surface area contributed by atoms with E-state index in [1.807, 2.05) is 36.4 Å². The first-order valence-corrected chi connectivity index (χ1v) is 6.90. The Morgan fingerprint density at radius 3 is 2.84 bits per heavy atom. The van der Waals surface area contributed by atoms with Crippen molar-refractivity contribution in [2.24, 2.45) is 5.10 Å². The fourth-order valence-electron chi connectivity index (χ4n) is 1.20. The first-order chi connectivity index (χ1) is 9.22. The van der Waals surface area contributed by atoms with Crippen LogP contribution >= 0.6 is 28.1 Å². The molecule has 19 heavy (non-hydrogen) atoms. The van der Waals surface area contributed by atoms with Gasteiger partial charge in [-0.1, -0.05) is 30.3 Å². The normalized spacial score (nSPS) is 11.6. The smallest absolute Gasteiger partial charge is 0.187 e. The molecule has 0 saturated carbocycles. The van der Waals surface area contributed by atoms with Crippen molar-refractivity contribution in [2.75, 3.05) is 20.3 Å². The topological polar surface area (TPSA) is 45.6 Å². The number of hydrogen-bond donors (Lipinski definition) is 2. The highest BCUT2D eigenvalue weighted by Crippen LogP contribution is 2.09. The molecule has 0 unspecified atom stereocenters. The van der Waals surface area contributed by atoms with Crippen LogP contribution in [0.2, 0.25) is 0 Å². The summed E-state index contributed by atoms with van der Waals surface area (Å²) in [6.07, 6.45) is 3.61. The first kappa shape index (κ1) is 15.8. The molecular weight excluding hydrogens is 326 g/mol. The van der Waals surface area contributed by atoms with Crippen LogP contribution in [0.15, 0.2) is 39.9 Å². The molecule has 0 aliphatic heterocycles. The SMILES string of the molecule is COCCNC(=S)NN=CC(Br)=Cc1ccccc1. The van der Waals surface area contributed by atoms with Crippen molar-refractivity contribution in [2.45, 2.75) is 0 Å². The molecule has 6 heteroatoms. The summed E-state index contributed by atoms with van der Waals surface area (Å²) in [5, 5.41) is 7.43. The van der Waals surface area contributed by atoms with E-state index in [9.17, 15) is 0 Å². The molecule has 0 bridgehead atoms. The quantitative estimate of drug-likeness (QED) is 0.361. The third kappa shape index (κ3) is 7.71. The standard InChI is InChI=1S/C13H16BrN3OS/c1-18-8-7-15-13(19)17-16-10-12(14)9-11-5-3-2-4-6-11/h2-6,9-10H,7-8H2,1H3,(H2,15,17,19). The van der Waals surface area contributed by atoms with Gasteiger partial charge in [-0.3, -0.25) is 5.43 Å². The summed E-state index contributed by atoms with van der Waals surface area (Å²) in [6.45, 7) is 1.25. The Hall–Kier alpha value is -1.24. The highest BCUT2D eigenvalue weighted by molar-refractivity contribution is 9.12. The number of halogens is 1. The number of hydrazone groups is 1. The van der Waals surface area contributed by atoms with Crippen molar-refractivity contribution >= 4 is 45.6 Å². The minimum Gasteiger partial charge on any atom is -0.383 e. The van der Waals surface area contributed by atoms with E-state index in [4.69, 9.17) is 17.0 Å². The van der Waals surface area contributed by atoms with E-state index < -0.39 is 0 Å². The monoisotopic (exact) mass is 341 g/mol. The summed E-state index contributed by atoms with van der Waals surface area (Å²) in [6, 6.07) is 9.97. The Labute approximate surface area is 127 Å². The van der Waals surface area contributed by atoms with Gasteiger partial charge >= 0.3 is 0 Å². The van der Waals surface area contributed by atoms with Gasteiger partial charge in [0.25, 0.3) is 0 Å². The van der Waals surface area contributed by atoms with E-state index in [2.05, 4.69) is 31.8 Å². The molecule has 102 valence electrons. The molecule has 0 radical (unpaired) electrons. The van der Waals surface area contributed by atoms with Crippen molar-refractivity contribution in [1.82, 2.24) is 10.7 Å².